The van der Waals surface area contributed by atoms with Crippen molar-refractivity contribution in [2.45, 2.75) is 31.7 Å². The molecule has 3 aromatic carbocycles. The summed E-state index contributed by atoms with van der Waals surface area (Å²) in [5.41, 5.74) is 5.34. The van der Waals surface area contributed by atoms with E-state index in [1.54, 1.807) is 0 Å². The number of carbonyl (C=O) groups excluding carboxylic acids is 2. The van der Waals surface area contributed by atoms with Gasteiger partial charge in [0.15, 0.2) is 11.5 Å². The molecule has 0 bridgehead atoms. The lowest BCUT2D eigenvalue weighted by atomic mass is 9.94. The molecule has 0 aromatic heterocycles. The molecule has 2 amide bonds. The Morgan fingerprint density at radius 1 is 0.971 bits per heavy atom. The fraction of sp³-hybridized carbons (Fsp3) is 0.259. The minimum absolute atomic E-state index is 0.00889. The average molecular weight is 459 g/mol. The third-order valence-corrected chi connectivity index (χ3v) is 6.49. The highest BCUT2D eigenvalue weighted by molar-refractivity contribution is 6.02. The normalized spacial score (nSPS) is 14.9. The van der Waals surface area contributed by atoms with Crippen molar-refractivity contribution in [3.63, 3.8) is 0 Å². The van der Waals surface area contributed by atoms with E-state index in [-0.39, 0.29) is 12.7 Å². The molecule has 7 nitrogen and oxygen atoms in total. The predicted octanol–water partition coefficient (Wildman–Crippen LogP) is 4.92. The molecule has 0 atom stereocenters. The van der Waals surface area contributed by atoms with E-state index in [2.05, 4.69) is 15.4 Å². The zero-order valence-electron chi connectivity index (χ0n) is 19.1. The molecule has 2 aliphatic rings. The average Bonchev–Trinajstić information content (AvgIpc) is 3.54. The van der Waals surface area contributed by atoms with Crippen molar-refractivity contribution >= 4 is 17.7 Å². The number of hydrogen-bond acceptors (Lipinski definition) is 5. The van der Waals surface area contributed by atoms with Crippen LogP contribution in [-0.4, -0.2) is 25.9 Å². The van der Waals surface area contributed by atoms with Gasteiger partial charge in [0.25, 0.3) is 0 Å². The molecule has 174 valence electrons. The van der Waals surface area contributed by atoms with Gasteiger partial charge in [-0.1, -0.05) is 36.4 Å². The summed E-state index contributed by atoms with van der Waals surface area (Å²) in [4.78, 5) is 24.6. The van der Waals surface area contributed by atoms with Crippen molar-refractivity contribution in [2.75, 3.05) is 19.2 Å². The van der Waals surface area contributed by atoms with Crippen LogP contribution in [0, 0.1) is 6.92 Å². The van der Waals surface area contributed by atoms with E-state index in [0.29, 0.717) is 12.3 Å². The quantitative estimate of drug-likeness (QED) is 0.548. The second kappa shape index (κ2) is 8.74. The standard InChI is InChI=1S/C27H26N2O5/c1-17-3-9-21(14-22(17)19-6-4-18(5-7-19)15-28-26(31)32-2)29-25(30)27(11-12-27)20-8-10-23-24(13-20)34-16-33-23/h3-10,13-14H,11-12,15-16H2,1-2H3,(H,28,31)(H,29,30). The molecule has 2 N–H and O–H groups in total. The van der Waals surface area contributed by atoms with E-state index in [9.17, 15) is 9.59 Å². The lowest BCUT2D eigenvalue weighted by Crippen LogP contribution is -2.27. The van der Waals surface area contributed by atoms with Crippen molar-refractivity contribution in [3.8, 4) is 22.6 Å². The van der Waals surface area contributed by atoms with Crippen LogP contribution in [0.2, 0.25) is 0 Å². The Morgan fingerprint density at radius 2 is 1.74 bits per heavy atom. The Labute approximate surface area is 198 Å². The summed E-state index contributed by atoms with van der Waals surface area (Å²) in [7, 11) is 1.34. The number of carbonyl (C=O) groups is 2. The molecule has 1 aliphatic heterocycles. The molecule has 0 saturated heterocycles. The number of alkyl carbamates (subject to hydrolysis) is 1. The van der Waals surface area contributed by atoms with Gasteiger partial charge in [0.2, 0.25) is 12.7 Å². The maximum atomic E-state index is 13.3. The lowest BCUT2D eigenvalue weighted by Gasteiger charge is -2.17. The molecular formula is C27H26N2O5. The summed E-state index contributed by atoms with van der Waals surface area (Å²) in [5.74, 6) is 1.40. The van der Waals surface area contributed by atoms with Gasteiger partial charge >= 0.3 is 6.09 Å². The van der Waals surface area contributed by atoms with Crippen LogP contribution in [0.15, 0.2) is 60.7 Å². The second-order valence-electron chi connectivity index (χ2n) is 8.68. The maximum absolute atomic E-state index is 13.3. The van der Waals surface area contributed by atoms with E-state index >= 15 is 0 Å². The summed E-state index contributed by atoms with van der Waals surface area (Å²) >= 11 is 0. The predicted molar refractivity (Wildman–Crippen MR) is 128 cm³/mol. The highest BCUT2D eigenvalue weighted by Gasteiger charge is 2.51. The first kappa shape index (κ1) is 21.8. The largest absolute Gasteiger partial charge is 0.454 e. The number of rotatable bonds is 6. The Balaban J connectivity index is 1.32. The molecule has 0 spiro atoms. The first-order valence-electron chi connectivity index (χ1n) is 11.2. The van der Waals surface area contributed by atoms with Crippen LogP contribution in [0.5, 0.6) is 11.5 Å². The van der Waals surface area contributed by atoms with Crippen LogP contribution in [-0.2, 0) is 21.5 Å². The summed E-state index contributed by atoms with van der Waals surface area (Å²) in [5, 5.41) is 5.80. The number of nitrogens with one attached hydrogen (secondary N) is 2. The van der Waals surface area contributed by atoms with E-state index in [1.165, 1.54) is 7.11 Å². The monoisotopic (exact) mass is 458 g/mol. The Hall–Kier alpha value is -4.00. The number of anilines is 1. The first-order valence-corrected chi connectivity index (χ1v) is 11.2. The molecule has 7 heteroatoms. The van der Waals surface area contributed by atoms with Crippen LogP contribution >= 0.6 is 0 Å². The van der Waals surface area contributed by atoms with Gasteiger partial charge in [0.05, 0.1) is 12.5 Å². The van der Waals surface area contributed by atoms with Crippen LogP contribution < -0.4 is 20.1 Å². The maximum Gasteiger partial charge on any atom is 0.407 e. The summed E-state index contributed by atoms with van der Waals surface area (Å²) in [6.45, 7) is 2.65. The topological polar surface area (TPSA) is 85.9 Å². The number of fused-ring (bicyclic) bond motifs is 1. The Kier molecular flexibility index (Phi) is 5.61. The van der Waals surface area contributed by atoms with E-state index in [1.807, 2.05) is 67.6 Å². The van der Waals surface area contributed by atoms with E-state index in [4.69, 9.17) is 9.47 Å². The number of aryl methyl sites for hydroxylation is 1. The molecule has 0 unspecified atom stereocenters. The fourth-order valence-electron chi connectivity index (χ4n) is 4.28. The third-order valence-electron chi connectivity index (χ3n) is 6.49. The van der Waals surface area contributed by atoms with Gasteiger partial charge in [-0.15, -0.1) is 0 Å². The Morgan fingerprint density at radius 3 is 2.47 bits per heavy atom. The smallest absolute Gasteiger partial charge is 0.407 e. The lowest BCUT2D eigenvalue weighted by molar-refractivity contribution is -0.118. The highest BCUT2D eigenvalue weighted by atomic mass is 16.7. The SMILES string of the molecule is COC(=O)NCc1ccc(-c2cc(NC(=O)C3(c4ccc5c(c4)OCO5)CC3)ccc2C)cc1. The molecule has 0 radical (unpaired) electrons. The van der Waals surface area contributed by atoms with Gasteiger partial charge in [-0.05, 0) is 71.8 Å². The summed E-state index contributed by atoms with van der Waals surface area (Å²) < 4.78 is 15.5. The molecule has 1 saturated carbocycles. The van der Waals surface area contributed by atoms with Crippen molar-refractivity contribution < 1.29 is 23.8 Å². The minimum atomic E-state index is -0.527. The number of benzene rings is 3. The van der Waals surface area contributed by atoms with Crippen LogP contribution in [0.1, 0.15) is 29.5 Å². The van der Waals surface area contributed by atoms with Crippen LogP contribution in [0.3, 0.4) is 0 Å². The van der Waals surface area contributed by atoms with Gasteiger partial charge in [0, 0.05) is 12.2 Å². The molecule has 3 aromatic rings. The van der Waals surface area contributed by atoms with Gasteiger partial charge in [-0.2, -0.15) is 0 Å². The third kappa shape index (κ3) is 4.17. The second-order valence-corrected chi connectivity index (χ2v) is 8.68. The molecule has 1 heterocycles. The van der Waals surface area contributed by atoms with E-state index < -0.39 is 11.5 Å². The zero-order valence-corrected chi connectivity index (χ0v) is 19.1. The van der Waals surface area contributed by atoms with Crippen molar-refractivity contribution in [3.05, 3.63) is 77.4 Å². The first-order chi connectivity index (χ1) is 16.5. The molecular weight excluding hydrogens is 432 g/mol. The molecule has 34 heavy (non-hydrogen) atoms. The number of ether oxygens (including phenoxy) is 3. The Bertz CT molecular complexity index is 1250. The highest BCUT2D eigenvalue weighted by Crippen LogP contribution is 2.51. The van der Waals surface area contributed by atoms with Crippen molar-refractivity contribution in [1.29, 1.82) is 0 Å². The number of amides is 2. The van der Waals surface area contributed by atoms with Crippen molar-refractivity contribution in [1.82, 2.24) is 5.32 Å². The van der Waals surface area contributed by atoms with E-state index in [0.717, 1.165) is 52.1 Å². The van der Waals surface area contributed by atoms with Gasteiger partial charge in [-0.3, -0.25) is 4.79 Å². The minimum Gasteiger partial charge on any atom is -0.454 e. The van der Waals surface area contributed by atoms with Gasteiger partial charge < -0.3 is 24.8 Å². The van der Waals surface area contributed by atoms with Crippen LogP contribution in [0.4, 0.5) is 10.5 Å². The fourth-order valence-corrected chi connectivity index (χ4v) is 4.28. The summed E-state index contributed by atoms with van der Waals surface area (Å²) in [6.07, 6.45) is 1.15. The molecule has 5 rings (SSSR count). The van der Waals surface area contributed by atoms with Gasteiger partial charge in [0.1, 0.15) is 0 Å². The summed E-state index contributed by atoms with van der Waals surface area (Å²) in [6, 6.07) is 19.7. The van der Waals surface area contributed by atoms with Crippen molar-refractivity contribution in [2.24, 2.45) is 0 Å². The number of hydrogen-bond donors (Lipinski definition) is 2. The van der Waals surface area contributed by atoms with Crippen LogP contribution in [0.25, 0.3) is 11.1 Å². The van der Waals surface area contributed by atoms with Gasteiger partial charge in [-0.25, -0.2) is 4.79 Å². The molecule has 1 aliphatic carbocycles. The molecule has 1 fully saturated rings. The zero-order chi connectivity index (χ0) is 23.7. The number of methoxy groups -OCH3 is 1.